The highest BCUT2D eigenvalue weighted by Gasteiger charge is 2.36. The SMILES string of the molecule is [C-]#[N+]C[C@H]1CN(c2nc(OC[C@@H]3C[C@@H](F)CN3C)nc3c(F)c(-c4cncc5cccc(Cl)c45)c(F)cc23)CCN1C(=O)C(=C)F. The molecule has 0 radical (unpaired) electrons. The van der Waals surface area contributed by atoms with Crippen molar-refractivity contribution in [2.75, 3.05) is 51.3 Å². The molecular weight excluding hydrogens is 626 g/mol. The van der Waals surface area contributed by atoms with E-state index in [0.29, 0.717) is 10.8 Å². The van der Waals surface area contributed by atoms with Crippen LogP contribution in [-0.4, -0.2) is 95.3 Å². The van der Waals surface area contributed by atoms with Gasteiger partial charge in [-0.25, -0.2) is 24.1 Å². The molecule has 0 aliphatic carbocycles. The van der Waals surface area contributed by atoms with E-state index in [4.69, 9.17) is 22.9 Å². The first kappa shape index (κ1) is 31.4. The van der Waals surface area contributed by atoms with Gasteiger partial charge in [-0.1, -0.05) is 30.3 Å². The Kier molecular flexibility index (Phi) is 8.67. The second-order valence-corrected chi connectivity index (χ2v) is 11.8. The second-order valence-electron chi connectivity index (χ2n) is 11.4. The van der Waals surface area contributed by atoms with Gasteiger partial charge in [0, 0.05) is 71.4 Å². The number of pyridine rings is 1. The number of alkyl halides is 1. The number of nitrogens with zero attached hydrogens (tertiary/aromatic N) is 7. The van der Waals surface area contributed by atoms with Crippen LogP contribution in [0.1, 0.15) is 6.42 Å². The number of rotatable bonds is 7. The fourth-order valence-corrected chi connectivity index (χ4v) is 6.48. The minimum atomic E-state index is -1.15. The maximum Gasteiger partial charge on any atom is 0.319 e. The number of likely N-dealkylation sites (N-methyl/N-ethyl adjacent to an activating group) is 1. The molecular formula is C32H28ClF4N7O2. The molecule has 46 heavy (non-hydrogen) atoms. The van der Waals surface area contributed by atoms with E-state index in [9.17, 15) is 13.6 Å². The lowest BCUT2D eigenvalue weighted by Crippen LogP contribution is -2.56. The molecule has 14 heteroatoms. The zero-order valence-electron chi connectivity index (χ0n) is 24.7. The van der Waals surface area contributed by atoms with Crippen LogP contribution in [0.4, 0.5) is 23.4 Å². The van der Waals surface area contributed by atoms with E-state index >= 15 is 8.78 Å². The monoisotopic (exact) mass is 653 g/mol. The molecule has 6 rings (SSSR count). The van der Waals surface area contributed by atoms with Crippen molar-refractivity contribution in [1.29, 1.82) is 0 Å². The molecule has 2 fully saturated rings. The number of benzene rings is 2. The summed E-state index contributed by atoms with van der Waals surface area (Å²) in [5.41, 5.74) is -0.520. The number of likely N-dealkylation sites (tertiary alicyclic amines) is 1. The minimum absolute atomic E-state index is 0.00236. The second kappa shape index (κ2) is 12.7. The summed E-state index contributed by atoms with van der Waals surface area (Å²) < 4.78 is 66.4. The van der Waals surface area contributed by atoms with Crippen LogP contribution in [0.2, 0.25) is 5.02 Å². The molecule has 2 aromatic carbocycles. The van der Waals surface area contributed by atoms with Crippen molar-refractivity contribution in [2.24, 2.45) is 0 Å². The van der Waals surface area contributed by atoms with E-state index in [-0.39, 0.29) is 85.1 Å². The fourth-order valence-electron chi connectivity index (χ4n) is 6.20. The standard InChI is InChI=1S/C32H28ClF4N7O2/c1-17(34)31(45)44-8-7-43(15-21(44)12-38-2)30-22-10-25(36)27(23-13-39-11-18-5-4-6-24(33)26(18)23)28(37)29(22)40-32(41-30)46-16-20-9-19(35)14-42(20)3/h4-6,10-11,13,19-21H,1,7-9,12,14-16H2,3H3/t19-,20+,21+/m1/s1. The number of hydrogen-bond donors (Lipinski definition) is 0. The average molecular weight is 654 g/mol. The number of hydrogen-bond acceptors (Lipinski definition) is 7. The van der Waals surface area contributed by atoms with E-state index in [1.54, 1.807) is 30.1 Å². The molecule has 2 saturated heterocycles. The van der Waals surface area contributed by atoms with Gasteiger partial charge < -0.3 is 19.4 Å². The molecule has 3 atom stereocenters. The van der Waals surface area contributed by atoms with Crippen molar-refractivity contribution >= 4 is 45.0 Å². The van der Waals surface area contributed by atoms with E-state index in [2.05, 4.69) is 26.4 Å². The summed E-state index contributed by atoms with van der Waals surface area (Å²) in [5.74, 6) is -3.90. The molecule has 2 aliphatic heterocycles. The largest absolute Gasteiger partial charge is 0.462 e. The van der Waals surface area contributed by atoms with Gasteiger partial charge in [-0.05, 0) is 25.6 Å². The lowest BCUT2D eigenvalue weighted by Gasteiger charge is -2.39. The van der Waals surface area contributed by atoms with Crippen molar-refractivity contribution in [3.63, 3.8) is 0 Å². The van der Waals surface area contributed by atoms with Gasteiger partial charge in [0.1, 0.15) is 36.0 Å². The maximum atomic E-state index is 16.6. The number of halogens is 5. The Morgan fingerprint density at radius 2 is 2.00 bits per heavy atom. The molecule has 9 nitrogen and oxygen atoms in total. The Labute approximate surface area is 266 Å². The fraction of sp³-hybridized carbons (Fsp3) is 0.344. The van der Waals surface area contributed by atoms with Crippen LogP contribution >= 0.6 is 11.6 Å². The maximum absolute atomic E-state index is 16.6. The van der Waals surface area contributed by atoms with Gasteiger partial charge in [0.15, 0.2) is 11.6 Å². The summed E-state index contributed by atoms with van der Waals surface area (Å²) in [6.45, 7) is 10.7. The van der Waals surface area contributed by atoms with E-state index < -0.39 is 41.1 Å². The number of ether oxygens (including phenoxy) is 1. The molecule has 4 heterocycles. The molecule has 2 aliphatic rings. The zero-order chi connectivity index (χ0) is 32.7. The molecule has 0 spiro atoms. The first-order valence-electron chi connectivity index (χ1n) is 14.5. The van der Waals surface area contributed by atoms with Crippen LogP contribution in [0.5, 0.6) is 6.01 Å². The number of piperazine rings is 1. The Morgan fingerprint density at radius 1 is 1.20 bits per heavy atom. The Morgan fingerprint density at radius 3 is 2.72 bits per heavy atom. The van der Waals surface area contributed by atoms with E-state index in [0.717, 1.165) is 6.07 Å². The number of aromatic nitrogens is 3. The van der Waals surface area contributed by atoms with E-state index in [1.807, 2.05) is 4.90 Å². The molecule has 0 N–H and O–H groups in total. The molecule has 0 saturated carbocycles. The predicted molar refractivity (Wildman–Crippen MR) is 166 cm³/mol. The van der Waals surface area contributed by atoms with Gasteiger partial charge in [-0.3, -0.25) is 14.7 Å². The third kappa shape index (κ3) is 5.78. The summed E-state index contributed by atoms with van der Waals surface area (Å²) in [7, 11) is 1.77. The van der Waals surface area contributed by atoms with Crippen LogP contribution in [0.25, 0.3) is 37.6 Å². The van der Waals surface area contributed by atoms with Crippen LogP contribution < -0.4 is 9.64 Å². The van der Waals surface area contributed by atoms with Gasteiger partial charge in [0.25, 0.3) is 5.91 Å². The van der Waals surface area contributed by atoms with Gasteiger partial charge in [0.05, 0.1) is 5.56 Å². The lowest BCUT2D eigenvalue weighted by atomic mass is 9.98. The first-order valence-corrected chi connectivity index (χ1v) is 14.9. The summed E-state index contributed by atoms with van der Waals surface area (Å²) in [6.07, 6.45) is 2.09. The minimum Gasteiger partial charge on any atom is -0.462 e. The lowest BCUT2D eigenvalue weighted by molar-refractivity contribution is -0.131. The molecule has 4 aromatic rings. The highest BCUT2D eigenvalue weighted by molar-refractivity contribution is 6.36. The summed E-state index contributed by atoms with van der Waals surface area (Å²) >= 11 is 6.47. The highest BCUT2D eigenvalue weighted by atomic mass is 35.5. The van der Waals surface area contributed by atoms with Crippen LogP contribution in [-0.2, 0) is 4.79 Å². The molecule has 0 unspecified atom stereocenters. The third-order valence-corrected chi connectivity index (χ3v) is 8.78. The van der Waals surface area contributed by atoms with Crippen molar-refractivity contribution < 1.29 is 27.1 Å². The normalized spacial score (nSPS) is 20.3. The average Bonchev–Trinajstić information content (AvgIpc) is 3.36. The quantitative estimate of drug-likeness (QED) is 0.146. The predicted octanol–water partition coefficient (Wildman–Crippen LogP) is 5.62. The van der Waals surface area contributed by atoms with Gasteiger partial charge in [0.2, 0.25) is 6.54 Å². The summed E-state index contributed by atoms with van der Waals surface area (Å²) in [4.78, 5) is 33.6. The van der Waals surface area contributed by atoms with Crippen molar-refractivity contribution in [2.45, 2.75) is 24.7 Å². The Bertz CT molecular complexity index is 1900. The molecule has 2 aromatic heterocycles. The number of carbonyl (C=O) groups excluding carboxylic acids is 1. The van der Waals surface area contributed by atoms with Crippen LogP contribution in [0.15, 0.2) is 49.1 Å². The van der Waals surface area contributed by atoms with Crippen LogP contribution in [0, 0.1) is 18.2 Å². The smallest absolute Gasteiger partial charge is 0.319 e. The van der Waals surface area contributed by atoms with Crippen LogP contribution in [0.3, 0.4) is 0 Å². The summed E-state index contributed by atoms with van der Waals surface area (Å²) in [5, 5.41) is 1.28. The first-order chi connectivity index (χ1) is 22.1. The number of amides is 1. The number of carbonyl (C=O) groups is 1. The highest BCUT2D eigenvalue weighted by Crippen LogP contribution is 2.40. The molecule has 238 valence electrons. The Balaban J connectivity index is 1.48. The summed E-state index contributed by atoms with van der Waals surface area (Å²) in [6, 6.07) is 4.91. The van der Waals surface area contributed by atoms with Gasteiger partial charge in [-0.15, -0.1) is 0 Å². The number of anilines is 1. The molecule has 0 bridgehead atoms. The zero-order valence-corrected chi connectivity index (χ0v) is 25.4. The topological polar surface area (TPSA) is 79.1 Å². The van der Waals surface area contributed by atoms with Crippen molar-refractivity contribution in [1.82, 2.24) is 24.8 Å². The number of fused-ring (bicyclic) bond motifs is 2. The third-order valence-electron chi connectivity index (χ3n) is 8.46. The van der Waals surface area contributed by atoms with Crippen molar-refractivity contribution in [3.05, 3.63) is 77.1 Å². The Hall–Kier alpha value is -4.54. The molecule has 1 amide bonds. The van der Waals surface area contributed by atoms with E-state index in [1.165, 1.54) is 17.3 Å². The van der Waals surface area contributed by atoms with Gasteiger partial charge >= 0.3 is 6.01 Å². The van der Waals surface area contributed by atoms with Crippen molar-refractivity contribution in [3.8, 4) is 17.1 Å². The van der Waals surface area contributed by atoms with Gasteiger partial charge in [-0.2, -0.15) is 9.97 Å².